The largest absolute Gasteiger partial charge is 0.395 e. The van der Waals surface area contributed by atoms with Gasteiger partial charge in [0.15, 0.2) is 0 Å². The zero-order chi connectivity index (χ0) is 14.9. The number of aliphatic hydroxyl groups is 1. The van der Waals surface area contributed by atoms with Crippen molar-refractivity contribution >= 4 is 29.3 Å². The Morgan fingerprint density at radius 1 is 1.33 bits per heavy atom. The van der Waals surface area contributed by atoms with Crippen molar-refractivity contribution in [2.75, 3.05) is 25.4 Å². The first-order valence-corrected chi connectivity index (χ1v) is 8.79. The van der Waals surface area contributed by atoms with E-state index in [1.54, 1.807) is 11.8 Å². The van der Waals surface area contributed by atoms with Crippen molar-refractivity contribution < 1.29 is 9.90 Å². The lowest BCUT2D eigenvalue weighted by molar-refractivity contribution is -0.133. The van der Waals surface area contributed by atoms with Gasteiger partial charge < -0.3 is 10.0 Å². The molecule has 0 bridgehead atoms. The Morgan fingerprint density at radius 3 is 2.62 bits per heavy atom. The molecule has 0 heterocycles. The Labute approximate surface area is 134 Å². The molecule has 114 valence electrons. The summed E-state index contributed by atoms with van der Waals surface area (Å²) in [6, 6.07) is 7.74. The number of benzene rings is 1. The average Bonchev–Trinajstić information content (AvgIpc) is 3.40. The SMILES string of the molecule is O=C(C1CC12CC2)N(CCO)CCSc1ccc(Cl)cc1. The summed E-state index contributed by atoms with van der Waals surface area (Å²) in [6.45, 7) is 1.18. The first-order chi connectivity index (χ1) is 10.1. The van der Waals surface area contributed by atoms with Gasteiger partial charge in [0.1, 0.15) is 0 Å². The topological polar surface area (TPSA) is 40.5 Å². The highest BCUT2D eigenvalue weighted by molar-refractivity contribution is 7.99. The molecule has 0 aromatic heterocycles. The Kier molecular flexibility index (Phi) is 4.48. The second-order valence-corrected chi connectivity index (χ2v) is 7.58. The third-order valence-corrected chi connectivity index (χ3v) is 5.75. The maximum Gasteiger partial charge on any atom is 0.226 e. The third kappa shape index (κ3) is 3.55. The summed E-state index contributed by atoms with van der Waals surface area (Å²) in [5, 5.41) is 9.90. The molecule has 0 aliphatic heterocycles. The number of hydrogen-bond donors (Lipinski definition) is 1. The van der Waals surface area contributed by atoms with Crippen LogP contribution in [-0.2, 0) is 4.79 Å². The molecule has 1 aromatic rings. The quantitative estimate of drug-likeness (QED) is 0.783. The van der Waals surface area contributed by atoms with Crippen LogP contribution in [-0.4, -0.2) is 41.4 Å². The number of carbonyl (C=O) groups excluding carboxylic acids is 1. The molecule has 0 radical (unpaired) electrons. The van der Waals surface area contributed by atoms with E-state index in [2.05, 4.69) is 0 Å². The van der Waals surface area contributed by atoms with Crippen LogP contribution in [0, 0.1) is 11.3 Å². The van der Waals surface area contributed by atoms with Crippen molar-refractivity contribution in [3.8, 4) is 0 Å². The molecule has 2 saturated carbocycles. The van der Waals surface area contributed by atoms with Crippen LogP contribution in [0.5, 0.6) is 0 Å². The summed E-state index contributed by atoms with van der Waals surface area (Å²) < 4.78 is 0. The third-order valence-electron chi connectivity index (χ3n) is 4.51. The van der Waals surface area contributed by atoms with Gasteiger partial charge in [-0.25, -0.2) is 0 Å². The van der Waals surface area contributed by atoms with Crippen LogP contribution in [0.15, 0.2) is 29.2 Å². The first kappa shape index (κ1) is 15.2. The smallest absolute Gasteiger partial charge is 0.226 e. The molecule has 3 rings (SSSR count). The molecule has 1 aromatic carbocycles. The van der Waals surface area contributed by atoms with Gasteiger partial charge in [-0.05, 0) is 48.9 Å². The van der Waals surface area contributed by atoms with Gasteiger partial charge in [-0.2, -0.15) is 0 Å². The number of rotatable bonds is 7. The fourth-order valence-corrected chi connectivity index (χ4v) is 3.89. The van der Waals surface area contributed by atoms with Gasteiger partial charge in [0.2, 0.25) is 5.91 Å². The van der Waals surface area contributed by atoms with Gasteiger partial charge in [0, 0.05) is 34.7 Å². The van der Waals surface area contributed by atoms with Crippen LogP contribution in [0.4, 0.5) is 0 Å². The Morgan fingerprint density at radius 2 is 2.05 bits per heavy atom. The van der Waals surface area contributed by atoms with Crippen molar-refractivity contribution in [3.63, 3.8) is 0 Å². The standard InChI is InChI=1S/C16H20ClNO2S/c17-12-1-3-13(4-2-12)21-10-8-18(7-9-19)15(20)14-11-16(14)5-6-16/h1-4,14,19H,5-11H2. The number of hydrogen-bond acceptors (Lipinski definition) is 3. The van der Waals surface area contributed by atoms with Gasteiger partial charge >= 0.3 is 0 Å². The summed E-state index contributed by atoms with van der Waals surface area (Å²) in [7, 11) is 0. The van der Waals surface area contributed by atoms with Gasteiger partial charge in [0.05, 0.1) is 6.61 Å². The predicted octanol–water partition coefficient (Wildman–Crippen LogP) is 3.05. The highest BCUT2D eigenvalue weighted by atomic mass is 35.5. The number of halogens is 1. The molecule has 1 atom stereocenters. The Bertz CT molecular complexity index is 516. The molecular weight excluding hydrogens is 306 g/mol. The molecule has 1 amide bonds. The van der Waals surface area contributed by atoms with E-state index in [9.17, 15) is 4.79 Å². The lowest BCUT2D eigenvalue weighted by atomic mass is 10.2. The molecular formula is C16H20ClNO2S. The highest BCUT2D eigenvalue weighted by Gasteiger charge is 2.66. The lowest BCUT2D eigenvalue weighted by Crippen LogP contribution is -2.37. The number of aliphatic hydroxyl groups excluding tert-OH is 1. The normalized spacial score (nSPS) is 21.3. The van der Waals surface area contributed by atoms with E-state index in [1.165, 1.54) is 12.8 Å². The molecule has 2 aliphatic carbocycles. The summed E-state index contributed by atoms with van der Waals surface area (Å²) >= 11 is 7.58. The molecule has 1 N–H and O–H groups in total. The zero-order valence-corrected chi connectivity index (χ0v) is 13.5. The van der Waals surface area contributed by atoms with Crippen molar-refractivity contribution in [2.24, 2.45) is 11.3 Å². The Balaban J connectivity index is 1.48. The van der Waals surface area contributed by atoms with E-state index in [1.807, 2.05) is 29.2 Å². The number of thioether (sulfide) groups is 1. The minimum absolute atomic E-state index is 0.0388. The lowest BCUT2D eigenvalue weighted by Gasteiger charge is -2.21. The minimum Gasteiger partial charge on any atom is -0.395 e. The number of carbonyl (C=O) groups is 1. The van der Waals surface area contributed by atoms with E-state index in [0.717, 1.165) is 22.1 Å². The predicted molar refractivity (Wildman–Crippen MR) is 85.6 cm³/mol. The van der Waals surface area contributed by atoms with Crippen LogP contribution in [0.3, 0.4) is 0 Å². The van der Waals surface area contributed by atoms with Crippen molar-refractivity contribution in [3.05, 3.63) is 29.3 Å². The van der Waals surface area contributed by atoms with E-state index in [4.69, 9.17) is 16.7 Å². The van der Waals surface area contributed by atoms with Gasteiger partial charge in [-0.15, -0.1) is 11.8 Å². The summed E-state index contributed by atoms with van der Waals surface area (Å²) in [5.41, 5.74) is 0.383. The van der Waals surface area contributed by atoms with Crippen LogP contribution in [0.2, 0.25) is 5.02 Å². The van der Waals surface area contributed by atoms with Crippen molar-refractivity contribution in [1.29, 1.82) is 0 Å². The van der Waals surface area contributed by atoms with Gasteiger partial charge in [-0.1, -0.05) is 11.6 Å². The molecule has 5 heteroatoms. The molecule has 21 heavy (non-hydrogen) atoms. The Hall–Kier alpha value is -0.710. The van der Waals surface area contributed by atoms with Crippen LogP contribution >= 0.6 is 23.4 Å². The van der Waals surface area contributed by atoms with E-state index in [-0.39, 0.29) is 18.4 Å². The second kappa shape index (κ2) is 6.19. The van der Waals surface area contributed by atoms with Gasteiger partial charge in [0.25, 0.3) is 0 Å². The van der Waals surface area contributed by atoms with Crippen LogP contribution in [0.1, 0.15) is 19.3 Å². The van der Waals surface area contributed by atoms with Crippen LogP contribution < -0.4 is 0 Å². The maximum atomic E-state index is 12.4. The molecule has 3 nitrogen and oxygen atoms in total. The average molecular weight is 326 g/mol. The maximum absolute atomic E-state index is 12.4. The molecule has 1 unspecified atom stereocenters. The highest BCUT2D eigenvalue weighted by Crippen LogP contribution is 2.70. The first-order valence-electron chi connectivity index (χ1n) is 7.43. The summed E-state index contributed by atoms with van der Waals surface area (Å²) in [5.74, 6) is 1.33. The second-order valence-electron chi connectivity index (χ2n) is 5.97. The fourth-order valence-electron chi connectivity index (χ4n) is 2.89. The monoisotopic (exact) mass is 325 g/mol. The van der Waals surface area contributed by atoms with Crippen molar-refractivity contribution in [2.45, 2.75) is 24.2 Å². The number of amides is 1. The van der Waals surface area contributed by atoms with Gasteiger partial charge in [-0.3, -0.25) is 4.79 Å². The van der Waals surface area contributed by atoms with Crippen LogP contribution in [0.25, 0.3) is 0 Å². The van der Waals surface area contributed by atoms with E-state index in [0.29, 0.717) is 18.5 Å². The van der Waals surface area contributed by atoms with E-state index >= 15 is 0 Å². The molecule has 0 saturated heterocycles. The molecule has 2 fully saturated rings. The number of nitrogens with zero attached hydrogens (tertiary/aromatic N) is 1. The van der Waals surface area contributed by atoms with E-state index < -0.39 is 0 Å². The summed E-state index contributed by atoms with van der Waals surface area (Å²) in [4.78, 5) is 15.4. The molecule has 1 spiro atoms. The zero-order valence-electron chi connectivity index (χ0n) is 11.9. The minimum atomic E-state index is 0.0388. The van der Waals surface area contributed by atoms with Crippen molar-refractivity contribution in [1.82, 2.24) is 4.90 Å². The molecule has 2 aliphatic rings. The summed E-state index contributed by atoms with van der Waals surface area (Å²) in [6.07, 6.45) is 3.50. The fraction of sp³-hybridized carbons (Fsp3) is 0.562.